The highest BCUT2D eigenvalue weighted by molar-refractivity contribution is 5.95. The molecule has 2 heterocycles. The average Bonchev–Trinajstić information content (AvgIpc) is 3.13. The molecule has 1 atom stereocenters. The van der Waals surface area contributed by atoms with Crippen molar-refractivity contribution in [3.05, 3.63) is 94.4 Å². The fraction of sp³-hybridized carbons (Fsp3) is 0.300. The number of aromatic nitrogens is 2. The number of fused-ring (bicyclic) bond motifs is 3. The molecule has 192 valence electrons. The Morgan fingerprint density at radius 1 is 1.16 bits per heavy atom. The first-order valence-corrected chi connectivity index (χ1v) is 12.7. The zero-order valence-corrected chi connectivity index (χ0v) is 21.6. The van der Waals surface area contributed by atoms with Gasteiger partial charge in [0.05, 0.1) is 17.6 Å². The molecule has 0 bridgehead atoms. The molecule has 0 amide bonds. The van der Waals surface area contributed by atoms with Crippen molar-refractivity contribution in [2.24, 2.45) is 0 Å². The number of ether oxygens (including phenoxy) is 2. The van der Waals surface area contributed by atoms with Crippen LogP contribution < -0.4 is 10.4 Å². The zero-order chi connectivity index (χ0) is 25.9. The van der Waals surface area contributed by atoms with Gasteiger partial charge < -0.3 is 23.9 Å². The monoisotopic (exact) mass is 500 g/mol. The Kier molecular flexibility index (Phi) is 7.26. The lowest BCUT2D eigenvalue weighted by molar-refractivity contribution is 0.118. The normalized spacial score (nSPS) is 14.9. The van der Waals surface area contributed by atoms with E-state index in [2.05, 4.69) is 54.2 Å². The van der Waals surface area contributed by atoms with E-state index in [1.165, 1.54) is 12.1 Å². The van der Waals surface area contributed by atoms with Crippen LogP contribution in [0.15, 0.2) is 60.7 Å². The molecule has 6 nitrogen and oxygen atoms in total. The number of halogens is 1. The topological polar surface area (TPSA) is 66.3 Å². The molecule has 1 aliphatic rings. The standard InChI is InChI=1S/C30H33FN4O2/c1-4-36-14-13-34(3)18-20(2)35-28-12-9-21(16-27(28)33-30(35)32)15-26-24-8-6-5-7-22(24)19-37-29-17-23(31)10-11-25(26)29/h5-12,15-17,20H,4,13-14,18-19H2,1-3H3,(H2,32,33)/b26-15+/t20-/m1/s1. The van der Waals surface area contributed by atoms with Gasteiger partial charge in [-0.15, -0.1) is 0 Å². The maximum atomic E-state index is 14.0. The number of hydrogen-bond donors (Lipinski definition) is 2. The Labute approximate surface area is 216 Å². The quantitative estimate of drug-likeness (QED) is 0.310. The SMILES string of the molecule is CCOCCN(C)C[C@@H](C)n1c(=N)[nH]c2cc(/C=C3\c4ccccc4COc4cc(F)ccc43)ccc21. The molecule has 0 unspecified atom stereocenters. The summed E-state index contributed by atoms with van der Waals surface area (Å²) in [6.07, 6.45) is 2.11. The third-order valence-electron chi connectivity index (χ3n) is 6.85. The number of benzene rings is 3. The molecule has 3 aromatic carbocycles. The number of likely N-dealkylation sites (N-methyl/N-ethyl adjacent to an activating group) is 1. The van der Waals surface area contributed by atoms with Crippen molar-refractivity contribution in [3.63, 3.8) is 0 Å². The van der Waals surface area contributed by atoms with Crippen LogP contribution in [-0.2, 0) is 11.3 Å². The van der Waals surface area contributed by atoms with Gasteiger partial charge in [-0.2, -0.15) is 0 Å². The number of hydrogen-bond acceptors (Lipinski definition) is 4. The van der Waals surface area contributed by atoms with Crippen LogP contribution in [0.3, 0.4) is 0 Å². The van der Waals surface area contributed by atoms with Gasteiger partial charge >= 0.3 is 0 Å². The van der Waals surface area contributed by atoms with E-state index in [-0.39, 0.29) is 11.9 Å². The molecule has 0 radical (unpaired) electrons. The first-order chi connectivity index (χ1) is 17.9. The van der Waals surface area contributed by atoms with Crippen molar-refractivity contribution in [1.29, 1.82) is 5.41 Å². The molecule has 2 N–H and O–H groups in total. The molecule has 1 aliphatic heterocycles. The second-order valence-electron chi connectivity index (χ2n) is 9.57. The Balaban J connectivity index is 1.51. The van der Waals surface area contributed by atoms with Gasteiger partial charge in [0, 0.05) is 37.4 Å². The molecule has 0 saturated carbocycles. The minimum absolute atomic E-state index is 0.115. The van der Waals surface area contributed by atoms with Crippen molar-refractivity contribution in [2.45, 2.75) is 26.5 Å². The summed E-state index contributed by atoms with van der Waals surface area (Å²) in [6.45, 7) is 7.61. The lowest BCUT2D eigenvalue weighted by Gasteiger charge is -2.22. The van der Waals surface area contributed by atoms with Crippen LogP contribution in [0.2, 0.25) is 0 Å². The average molecular weight is 501 g/mol. The summed E-state index contributed by atoms with van der Waals surface area (Å²) in [5.74, 6) is 0.221. The van der Waals surface area contributed by atoms with Crippen molar-refractivity contribution in [2.75, 3.05) is 33.4 Å². The second-order valence-corrected chi connectivity index (χ2v) is 9.57. The fourth-order valence-corrected chi connectivity index (χ4v) is 5.08. The number of nitrogens with zero attached hydrogens (tertiary/aromatic N) is 2. The van der Waals surface area contributed by atoms with E-state index in [4.69, 9.17) is 14.9 Å². The lowest BCUT2D eigenvalue weighted by Crippen LogP contribution is -2.32. The third-order valence-corrected chi connectivity index (χ3v) is 6.85. The van der Waals surface area contributed by atoms with Gasteiger partial charge in [0.25, 0.3) is 0 Å². The van der Waals surface area contributed by atoms with E-state index in [0.717, 1.165) is 58.6 Å². The number of rotatable bonds is 8. The number of nitrogens with one attached hydrogen (secondary N) is 2. The summed E-state index contributed by atoms with van der Waals surface area (Å²) >= 11 is 0. The van der Waals surface area contributed by atoms with Crippen LogP contribution in [-0.4, -0.2) is 47.8 Å². The summed E-state index contributed by atoms with van der Waals surface area (Å²) in [4.78, 5) is 5.48. The molecule has 0 fully saturated rings. The predicted molar refractivity (Wildman–Crippen MR) is 145 cm³/mol. The van der Waals surface area contributed by atoms with Crippen LogP contribution in [0.5, 0.6) is 5.75 Å². The van der Waals surface area contributed by atoms with Crippen LogP contribution in [0, 0.1) is 11.2 Å². The van der Waals surface area contributed by atoms with E-state index in [9.17, 15) is 4.39 Å². The third kappa shape index (κ3) is 5.24. The largest absolute Gasteiger partial charge is 0.488 e. The van der Waals surface area contributed by atoms with Crippen LogP contribution >= 0.6 is 0 Å². The maximum Gasteiger partial charge on any atom is 0.200 e. The van der Waals surface area contributed by atoms with Gasteiger partial charge in [0.15, 0.2) is 0 Å². The predicted octanol–water partition coefficient (Wildman–Crippen LogP) is 5.60. The Morgan fingerprint density at radius 2 is 2.00 bits per heavy atom. The molecule has 4 aromatic rings. The van der Waals surface area contributed by atoms with E-state index >= 15 is 0 Å². The minimum atomic E-state index is -0.318. The number of imidazole rings is 1. The Hall–Kier alpha value is -3.68. The van der Waals surface area contributed by atoms with Gasteiger partial charge in [-0.25, -0.2) is 4.39 Å². The molecular formula is C30H33FN4O2. The zero-order valence-electron chi connectivity index (χ0n) is 21.6. The molecule has 1 aromatic heterocycles. The highest BCUT2D eigenvalue weighted by atomic mass is 19.1. The van der Waals surface area contributed by atoms with E-state index in [1.807, 2.05) is 29.7 Å². The summed E-state index contributed by atoms with van der Waals surface area (Å²) < 4.78 is 27.5. The van der Waals surface area contributed by atoms with Gasteiger partial charge in [-0.05, 0) is 73.5 Å². The minimum Gasteiger partial charge on any atom is -0.488 e. The Morgan fingerprint density at radius 3 is 2.84 bits per heavy atom. The summed E-state index contributed by atoms with van der Waals surface area (Å²) in [6, 6.07) is 19.2. The first-order valence-electron chi connectivity index (χ1n) is 12.7. The molecule has 5 rings (SSSR count). The second kappa shape index (κ2) is 10.7. The van der Waals surface area contributed by atoms with Crippen molar-refractivity contribution >= 4 is 22.7 Å². The van der Waals surface area contributed by atoms with E-state index in [0.29, 0.717) is 24.6 Å². The van der Waals surface area contributed by atoms with E-state index < -0.39 is 0 Å². The van der Waals surface area contributed by atoms with Crippen molar-refractivity contribution in [3.8, 4) is 5.75 Å². The lowest BCUT2D eigenvalue weighted by atomic mass is 9.92. The molecule has 0 aliphatic carbocycles. The van der Waals surface area contributed by atoms with Crippen LogP contribution in [0.1, 0.15) is 42.1 Å². The molecule has 0 saturated heterocycles. The molecule has 0 spiro atoms. The highest BCUT2D eigenvalue weighted by Crippen LogP contribution is 2.38. The molecular weight excluding hydrogens is 467 g/mol. The Bertz CT molecular complexity index is 1500. The molecule has 7 heteroatoms. The van der Waals surface area contributed by atoms with Gasteiger partial charge in [0.1, 0.15) is 18.2 Å². The van der Waals surface area contributed by atoms with Crippen LogP contribution in [0.4, 0.5) is 4.39 Å². The first kappa shape index (κ1) is 25.0. The van der Waals surface area contributed by atoms with Crippen molar-refractivity contribution < 1.29 is 13.9 Å². The smallest absolute Gasteiger partial charge is 0.200 e. The maximum absolute atomic E-state index is 14.0. The van der Waals surface area contributed by atoms with Gasteiger partial charge in [0.2, 0.25) is 5.62 Å². The van der Waals surface area contributed by atoms with E-state index in [1.54, 1.807) is 6.07 Å². The number of aromatic amines is 1. The molecule has 37 heavy (non-hydrogen) atoms. The summed E-state index contributed by atoms with van der Waals surface area (Å²) in [7, 11) is 2.08. The summed E-state index contributed by atoms with van der Waals surface area (Å²) in [5, 5.41) is 8.60. The van der Waals surface area contributed by atoms with Gasteiger partial charge in [-0.1, -0.05) is 30.3 Å². The van der Waals surface area contributed by atoms with Gasteiger partial charge in [-0.3, -0.25) is 5.41 Å². The van der Waals surface area contributed by atoms with Crippen LogP contribution in [0.25, 0.3) is 22.7 Å². The summed E-state index contributed by atoms with van der Waals surface area (Å²) in [5.41, 5.74) is 7.23. The van der Waals surface area contributed by atoms with Crippen molar-refractivity contribution in [1.82, 2.24) is 14.5 Å². The fourth-order valence-electron chi connectivity index (χ4n) is 5.08. The highest BCUT2D eigenvalue weighted by Gasteiger charge is 2.20. The number of H-pyrrole nitrogens is 1.